The fourth-order valence-electron chi connectivity index (χ4n) is 1.31. The van der Waals surface area contributed by atoms with Gasteiger partial charge in [-0.05, 0) is 27.2 Å². The first-order valence-electron chi connectivity index (χ1n) is 5.53. The molecular formula is C12H20O3. The summed E-state index contributed by atoms with van der Waals surface area (Å²) in [5.74, 6) is -0.205. The summed E-state index contributed by atoms with van der Waals surface area (Å²) in [6.45, 7) is 8.44. The zero-order chi connectivity index (χ0) is 11.4. The van der Waals surface area contributed by atoms with Crippen LogP contribution in [0.2, 0.25) is 0 Å². The molecule has 0 radical (unpaired) electrons. The molecule has 0 saturated carbocycles. The molecule has 0 aromatic carbocycles. The summed E-state index contributed by atoms with van der Waals surface area (Å²) < 4.78 is 10.6. The van der Waals surface area contributed by atoms with Crippen LogP contribution in [0.25, 0.3) is 0 Å². The highest BCUT2D eigenvalue weighted by molar-refractivity contribution is 5.88. The first kappa shape index (κ1) is 12.2. The third-order valence-electron chi connectivity index (χ3n) is 2.66. The van der Waals surface area contributed by atoms with Gasteiger partial charge in [0.05, 0.1) is 6.61 Å². The van der Waals surface area contributed by atoms with Crippen molar-refractivity contribution >= 4 is 5.97 Å². The monoisotopic (exact) mass is 212 g/mol. The molecule has 0 bridgehead atoms. The first-order chi connectivity index (χ1) is 7.06. The van der Waals surface area contributed by atoms with Crippen molar-refractivity contribution in [3.8, 4) is 0 Å². The maximum Gasteiger partial charge on any atom is 0.334 e. The van der Waals surface area contributed by atoms with E-state index >= 15 is 0 Å². The number of allylic oxidation sites excluding steroid dienone is 1. The Bertz CT molecular complexity index is 260. The molecular weight excluding hydrogens is 192 g/mol. The molecule has 0 aromatic rings. The highest BCUT2D eigenvalue weighted by Gasteiger charge is 2.35. The van der Waals surface area contributed by atoms with Gasteiger partial charge in [0.1, 0.15) is 12.2 Å². The normalized spacial score (nSPS) is 20.7. The van der Waals surface area contributed by atoms with E-state index in [1.807, 2.05) is 13.8 Å². The average Bonchev–Trinajstić information content (AvgIpc) is 2.98. The van der Waals surface area contributed by atoms with E-state index in [4.69, 9.17) is 9.47 Å². The molecule has 0 aromatic heterocycles. The molecule has 1 saturated heterocycles. The molecule has 3 heteroatoms. The van der Waals surface area contributed by atoms with Crippen LogP contribution >= 0.6 is 0 Å². The minimum Gasteiger partial charge on any atom is -0.456 e. The van der Waals surface area contributed by atoms with E-state index in [1.165, 1.54) is 0 Å². The second-order valence-electron chi connectivity index (χ2n) is 4.23. The van der Waals surface area contributed by atoms with Crippen LogP contribution in [0.15, 0.2) is 11.1 Å². The first-order valence-corrected chi connectivity index (χ1v) is 5.53. The van der Waals surface area contributed by atoms with Gasteiger partial charge in [0.25, 0.3) is 0 Å². The Morgan fingerprint density at radius 3 is 2.47 bits per heavy atom. The van der Waals surface area contributed by atoms with Crippen LogP contribution in [0.1, 0.15) is 40.5 Å². The average molecular weight is 212 g/mol. The molecule has 0 amide bonds. The standard InChI is InChI=1S/C12H20O3/c1-5-6-10(11-7-14-11)15-12(13)9(4)8(2)3/h10-11H,5-7H2,1-4H3. The topological polar surface area (TPSA) is 38.8 Å². The zero-order valence-electron chi connectivity index (χ0n) is 10.0. The van der Waals surface area contributed by atoms with Crippen LogP contribution in [0, 0.1) is 0 Å². The third kappa shape index (κ3) is 3.67. The number of hydrogen-bond acceptors (Lipinski definition) is 3. The van der Waals surface area contributed by atoms with Crippen LogP contribution in [-0.4, -0.2) is 24.8 Å². The van der Waals surface area contributed by atoms with E-state index in [9.17, 15) is 4.79 Å². The molecule has 1 aliphatic heterocycles. The molecule has 1 fully saturated rings. The van der Waals surface area contributed by atoms with Crippen molar-refractivity contribution in [1.82, 2.24) is 0 Å². The number of carbonyl (C=O) groups excluding carboxylic acids is 1. The molecule has 1 rings (SSSR count). The maximum absolute atomic E-state index is 11.7. The van der Waals surface area contributed by atoms with Crippen molar-refractivity contribution in [2.24, 2.45) is 0 Å². The Balaban J connectivity index is 2.50. The largest absolute Gasteiger partial charge is 0.456 e. The Hall–Kier alpha value is -0.830. The van der Waals surface area contributed by atoms with Gasteiger partial charge >= 0.3 is 5.97 Å². The van der Waals surface area contributed by atoms with Crippen LogP contribution < -0.4 is 0 Å². The molecule has 3 nitrogen and oxygen atoms in total. The second-order valence-corrected chi connectivity index (χ2v) is 4.23. The molecule has 1 heterocycles. The number of esters is 1. The highest BCUT2D eigenvalue weighted by atomic mass is 16.6. The van der Waals surface area contributed by atoms with Gasteiger partial charge in [0, 0.05) is 5.57 Å². The van der Waals surface area contributed by atoms with Crippen LogP contribution in [-0.2, 0) is 14.3 Å². The van der Waals surface area contributed by atoms with Crippen LogP contribution in [0.3, 0.4) is 0 Å². The van der Waals surface area contributed by atoms with E-state index in [-0.39, 0.29) is 18.2 Å². The maximum atomic E-state index is 11.7. The fourth-order valence-corrected chi connectivity index (χ4v) is 1.31. The van der Waals surface area contributed by atoms with Crippen molar-refractivity contribution < 1.29 is 14.3 Å². The second kappa shape index (κ2) is 5.31. The van der Waals surface area contributed by atoms with Gasteiger partial charge in [0.2, 0.25) is 0 Å². The van der Waals surface area contributed by atoms with E-state index < -0.39 is 0 Å². The summed E-state index contributed by atoms with van der Waals surface area (Å²) in [5.41, 5.74) is 1.71. The van der Waals surface area contributed by atoms with E-state index in [2.05, 4.69) is 6.92 Å². The Morgan fingerprint density at radius 1 is 1.47 bits per heavy atom. The molecule has 2 unspecified atom stereocenters. The quantitative estimate of drug-likeness (QED) is 0.399. The van der Waals surface area contributed by atoms with Crippen molar-refractivity contribution in [1.29, 1.82) is 0 Å². The summed E-state index contributed by atoms with van der Waals surface area (Å²) in [7, 11) is 0. The Morgan fingerprint density at radius 2 is 2.07 bits per heavy atom. The van der Waals surface area contributed by atoms with Gasteiger partial charge in [-0.1, -0.05) is 18.9 Å². The summed E-state index contributed by atoms with van der Waals surface area (Å²) in [6.07, 6.45) is 1.97. The highest BCUT2D eigenvalue weighted by Crippen LogP contribution is 2.22. The number of hydrogen-bond donors (Lipinski definition) is 0. The minimum atomic E-state index is -0.205. The van der Waals surface area contributed by atoms with Gasteiger partial charge in [-0.3, -0.25) is 0 Å². The third-order valence-corrected chi connectivity index (χ3v) is 2.66. The number of carbonyl (C=O) groups is 1. The molecule has 0 N–H and O–H groups in total. The molecule has 86 valence electrons. The van der Waals surface area contributed by atoms with Crippen LogP contribution in [0.4, 0.5) is 0 Å². The van der Waals surface area contributed by atoms with Crippen molar-refractivity contribution in [3.05, 3.63) is 11.1 Å². The zero-order valence-corrected chi connectivity index (χ0v) is 10.0. The van der Waals surface area contributed by atoms with Gasteiger partial charge in [-0.25, -0.2) is 4.79 Å². The van der Waals surface area contributed by atoms with E-state index in [0.717, 1.165) is 25.0 Å². The van der Waals surface area contributed by atoms with E-state index in [0.29, 0.717) is 5.57 Å². The molecule has 2 atom stereocenters. The lowest BCUT2D eigenvalue weighted by molar-refractivity contribution is -0.145. The lowest BCUT2D eigenvalue weighted by atomic mass is 10.1. The number of epoxide rings is 1. The lowest BCUT2D eigenvalue weighted by Gasteiger charge is -2.15. The van der Waals surface area contributed by atoms with Crippen molar-refractivity contribution in [2.75, 3.05) is 6.61 Å². The van der Waals surface area contributed by atoms with Gasteiger partial charge < -0.3 is 9.47 Å². The summed E-state index contributed by atoms with van der Waals surface area (Å²) in [4.78, 5) is 11.7. The Kier molecular flexibility index (Phi) is 4.33. The smallest absolute Gasteiger partial charge is 0.334 e. The van der Waals surface area contributed by atoms with Crippen molar-refractivity contribution in [3.63, 3.8) is 0 Å². The van der Waals surface area contributed by atoms with Gasteiger partial charge in [-0.15, -0.1) is 0 Å². The number of ether oxygens (including phenoxy) is 2. The van der Waals surface area contributed by atoms with Crippen LogP contribution in [0.5, 0.6) is 0 Å². The number of rotatable bonds is 5. The lowest BCUT2D eigenvalue weighted by Crippen LogP contribution is -2.24. The Labute approximate surface area is 91.4 Å². The fraction of sp³-hybridized carbons (Fsp3) is 0.750. The summed E-state index contributed by atoms with van der Waals surface area (Å²) >= 11 is 0. The van der Waals surface area contributed by atoms with Gasteiger partial charge in [-0.2, -0.15) is 0 Å². The minimum absolute atomic E-state index is 0.0585. The predicted octanol–water partition coefficient (Wildman–Crippen LogP) is 2.45. The van der Waals surface area contributed by atoms with Gasteiger partial charge in [0.15, 0.2) is 0 Å². The van der Waals surface area contributed by atoms with E-state index in [1.54, 1.807) is 6.92 Å². The molecule has 0 spiro atoms. The summed E-state index contributed by atoms with van der Waals surface area (Å²) in [6, 6.07) is 0. The molecule has 0 aliphatic carbocycles. The molecule has 1 aliphatic rings. The SMILES string of the molecule is CCCC(OC(=O)C(C)=C(C)C)C1CO1. The van der Waals surface area contributed by atoms with Crippen molar-refractivity contribution in [2.45, 2.75) is 52.7 Å². The predicted molar refractivity (Wildman–Crippen MR) is 58.6 cm³/mol. The summed E-state index contributed by atoms with van der Waals surface area (Å²) in [5, 5.41) is 0. The molecule has 15 heavy (non-hydrogen) atoms.